The summed E-state index contributed by atoms with van der Waals surface area (Å²) in [7, 11) is 2.35. The molecular formula is C32H30O13. The molecule has 45 heavy (non-hydrogen) atoms. The van der Waals surface area contributed by atoms with Gasteiger partial charge in [0.25, 0.3) is 0 Å². The molecule has 7 N–H and O–H groups in total. The van der Waals surface area contributed by atoms with Crippen molar-refractivity contribution in [3.05, 3.63) is 56.7 Å². The lowest BCUT2D eigenvalue weighted by atomic mass is 9.68. The highest BCUT2D eigenvalue weighted by Gasteiger charge is 2.53. The normalized spacial score (nSPS) is 29.3. The minimum atomic E-state index is -2.23. The number of carbonyl (C=O) groups excluding carboxylic acids is 4. The average molecular weight is 623 g/mol. The predicted octanol–water partition coefficient (Wildman–Crippen LogP) is 0.915. The van der Waals surface area contributed by atoms with Crippen LogP contribution in [0.4, 0.5) is 0 Å². The molecule has 6 rings (SSSR count). The van der Waals surface area contributed by atoms with Crippen LogP contribution >= 0.6 is 0 Å². The van der Waals surface area contributed by atoms with Crippen LogP contribution in [0.15, 0.2) is 34.4 Å². The van der Waals surface area contributed by atoms with Gasteiger partial charge in [-0.15, -0.1) is 0 Å². The zero-order valence-corrected chi connectivity index (χ0v) is 24.6. The SMILES string of the molecule is COc1cc2c(c(O)c1-c1c(OC)cc(O)c3c1C(=O)C1=C(C[C@@H](O)[C@@](C)(O)[C@@H]1O)C3=O)C(=O)C1=C(C[C@](C)(O)[C@H](O)C1)C2=O. The summed E-state index contributed by atoms with van der Waals surface area (Å²) in [6.07, 6.45) is -6.25. The lowest BCUT2D eigenvalue weighted by Crippen LogP contribution is -2.56. The van der Waals surface area contributed by atoms with Gasteiger partial charge < -0.3 is 45.2 Å². The van der Waals surface area contributed by atoms with Gasteiger partial charge in [0.1, 0.15) is 34.7 Å². The molecule has 0 saturated carbocycles. The Morgan fingerprint density at radius 1 is 0.689 bits per heavy atom. The van der Waals surface area contributed by atoms with Crippen LogP contribution in [-0.2, 0) is 0 Å². The van der Waals surface area contributed by atoms with Crippen molar-refractivity contribution in [2.75, 3.05) is 14.2 Å². The van der Waals surface area contributed by atoms with Crippen LogP contribution in [0.5, 0.6) is 23.0 Å². The van der Waals surface area contributed by atoms with E-state index in [1.807, 2.05) is 0 Å². The summed E-state index contributed by atoms with van der Waals surface area (Å²) < 4.78 is 10.9. The maximum atomic E-state index is 14.2. The van der Waals surface area contributed by atoms with E-state index in [1.54, 1.807) is 0 Å². The van der Waals surface area contributed by atoms with Crippen molar-refractivity contribution < 1.29 is 64.4 Å². The van der Waals surface area contributed by atoms with E-state index in [9.17, 15) is 54.9 Å². The van der Waals surface area contributed by atoms with Crippen molar-refractivity contribution in [2.24, 2.45) is 0 Å². The van der Waals surface area contributed by atoms with Crippen LogP contribution in [0.1, 0.15) is 74.5 Å². The van der Waals surface area contributed by atoms with Gasteiger partial charge in [0.15, 0.2) is 23.1 Å². The quantitative estimate of drug-likeness (QED) is 0.253. The molecule has 2 aromatic carbocycles. The number of methoxy groups -OCH3 is 2. The molecule has 0 radical (unpaired) electrons. The molecule has 0 saturated heterocycles. The first-order valence-electron chi connectivity index (χ1n) is 14.0. The summed E-state index contributed by atoms with van der Waals surface area (Å²) in [6, 6.07) is 2.16. The number of fused-ring (bicyclic) bond motifs is 2. The second kappa shape index (κ2) is 9.80. The summed E-state index contributed by atoms with van der Waals surface area (Å²) in [6.45, 7) is 2.42. The molecule has 0 amide bonds. The second-order valence-corrected chi connectivity index (χ2v) is 12.2. The van der Waals surface area contributed by atoms with E-state index in [0.29, 0.717) is 0 Å². The molecular weight excluding hydrogens is 592 g/mol. The third-order valence-electron chi connectivity index (χ3n) is 9.46. The molecule has 0 heterocycles. The highest BCUT2D eigenvalue weighted by atomic mass is 16.5. The van der Waals surface area contributed by atoms with Gasteiger partial charge in [0, 0.05) is 64.3 Å². The zero-order chi connectivity index (χ0) is 33.1. The standard InChI is InChI=1S/C32H30O13/c1-31(42)9-13-10(6-17(31)34)26(37)19-11(25(13)36)5-15(44-3)23(28(19)39)22-16(45-4)8-14(33)21-24(22)29(40)20-12(27(21)38)7-18(35)32(2,43)30(20)41/h5,8,17-18,30,33-35,39,41-43H,6-7,9H2,1-4H3/t17-,18-,30-,31+,32-/m1/s1. The summed E-state index contributed by atoms with van der Waals surface area (Å²) in [4.78, 5) is 55.4. The molecule has 4 aliphatic rings. The number of rotatable bonds is 3. The minimum absolute atomic E-state index is 0.0302. The first-order chi connectivity index (χ1) is 21.0. The Labute approximate surface area is 255 Å². The first-order valence-corrected chi connectivity index (χ1v) is 14.0. The third kappa shape index (κ3) is 3.98. The smallest absolute Gasteiger partial charge is 0.194 e. The molecule has 0 aliphatic heterocycles. The molecule has 0 bridgehead atoms. The third-order valence-corrected chi connectivity index (χ3v) is 9.46. The average Bonchev–Trinajstić information content (AvgIpc) is 2.97. The number of aliphatic hydroxyl groups excluding tert-OH is 3. The molecule has 236 valence electrons. The number of phenolic OH excluding ortho intramolecular Hbond substituents is 2. The Morgan fingerprint density at radius 2 is 1.27 bits per heavy atom. The Bertz CT molecular complexity index is 1840. The van der Waals surface area contributed by atoms with E-state index in [1.165, 1.54) is 21.1 Å². The predicted molar refractivity (Wildman–Crippen MR) is 153 cm³/mol. The van der Waals surface area contributed by atoms with E-state index in [0.717, 1.165) is 19.1 Å². The molecule has 13 nitrogen and oxygen atoms in total. The topological polar surface area (TPSA) is 228 Å². The Kier molecular flexibility index (Phi) is 6.67. The van der Waals surface area contributed by atoms with E-state index in [2.05, 4.69) is 0 Å². The summed E-state index contributed by atoms with van der Waals surface area (Å²) in [5, 5.41) is 75.9. The van der Waals surface area contributed by atoms with E-state index < -0.39 is 92.8 Å². The van der Waals surface area contributed by atoms with Crippen LogP contribution < -0.4 is 9.47 Å². The highest BCUT2D eigenvalue weighted by Crippen LogP contribution is 2.54. The maximum Gasteiger partial charge on any atom is 0.194 e. The Morgan fingerprint density at radius 3 is 1.89 bits per heavy atom. The van der Waals surface area contributed by atoms with Gasteiger partial charge in [-0.05, 0) is 19.9 Å². The summed E-state index contributed by atoms with van der Waals surface area (Å²) in [5.74, 6) is -5.52. The van der Waals surface area contributed by atoms with Gasteiger partial charge in [0.05, 0.1) is 48.7 Å². The highest BCUT2D eigenvalue weighted by molar-refractivity contribution is 6.32. The van der Waals surface area contributed by atoms with E-state index >= 15 is 0 Å². The number of aromatic hydroxyl groups is 2. The lowest BCUT2D eigenvalue weighted by Gasteiger charge is -2.41. The number of hydrogen-bond donors (Lipinski definition) is 7. The number of carbonyl (C=O) groups is 4. The fourth-order valence-electron chi connectivity index (χ4n) is 6.76. The fraction of sp³-hybridized carbons (Fsp3) is 0.375. The Balaban J connectivity index is 1.65. The first kappa shape index (κ1) is 30.6. The van der Waals surface area contributed by atoms with Gasteiger partial charge in [-0.1, -0.05) is 0 Å². The van der Waals surface area contributed by atoms with Crippen molar-refractivity contribution in [3.63, 3.8) is 0 Å². The van der Waals surface area contributed by atoms with Crippen molar-refractivity contribution >= 4 is 23.1 Å². The number of hydrogen-bond acceptors (Lipinski definition) is 13. The van der Waals surface area contributed by atoms with Crippen LogP contribution in [0.25, 0.3) is 11.1 Å². The van der Waals surface area contributed by atoms with Crippen LogP contribution in [0, 0.1) is 0 Å². The molecule has 0 aromatic heterocycles. The number of benzene rings is 2. The molecule has 13 heteroatoms. The molecule has 0 fully saturated rings. The number of ketones is 4. The number of ether oxygens (including phenoxy) is 2. The van der Waals surface area contributed by atoms with Gasteiger partial charge in [-0.25, -0.2) is 0 Å². The van der Waals surface area contributed by atoms with Gasteiger partial charge in [-0.3, -0.25) is 19.2 Å². The van der Waals surface area contributed by atoms with Crippen molar-refractivity contribution in [1.82, 2.24) is 0 Å². The zero-order valence-electron chi connectivity index (χ0n) is 24.6. The molecule has 5 atom stereocenters. The van der Waals surface area contributed by atoms with Crippen molar-refractivity contribution in [3.8, 4) is 34.1 Å². The van der Waals surface area contributed by atoms with Gasteiger partial charge in [0.2, 0.25) is 0 Å². The van der Waals surface area contributed by atoms with E-state index in [4.69, 9.17) is 9.47 Å². The van der Waals surface area contributed by atoms with Crippen LogP contribution in [0.2, 0.25) is 0 Å². The minimum Gasteiger partial charge on any atom is -0.507 e. The van der Waals surface area contributed by atoms with Crippen molar-refractivity contribution in [2.45, 2.75) is 62.6 Å². The molecule has 0 spiro atoms. The van der Waals surface area contributed by atoms with Gasteiger partial charge >= 0.3 is 0 Å². The molecule has 0 unspecified atom stereocenters. The lowest BCUT2D eigenvalue weighted by molar-refractivity contribution is -0.126. The van der Waals surface area contributed by atoms with Crippen molar-refractivity contribution in [1.29, 1.82) is 0 Å². The number of phenols is 2. The van der Waals surface area contributed by atoms with Crippen LogP contribution in [0.3, 0.4) is 0 Å². The van der Waals surface area contributed by atoms with E-state index in [-0.39, 0.29) is 57.8 Å². The van der Waals surface area contributed by atoms with Crippen LogP contribution in [-0.4, -0.2) is 103 Å². The maximum absolute atomic E-state index is 14.2. The fourth-order valence-corrected chi connectivity index (χ4v) is 6.76. The van der Waals surface area contributed by atoms with Gasteiger partial charge in [-0.2, -0.15) is 0 Å². The number of aliphatic hydroxyl groups is 5. The molecule has 2 aromatic rings. The second-order valence-electron chi connectivity index (χ2n) is 12.2. The Hall–Kier alpha value is -4.40. The largest absolute Gasteiger partial charge is 0.507 e. The summed E-state index contributed by atoms with van der Waals surface area (Å²) in [5.41, 5.74) is -7.43. The summed E-state index contributed by atoms with van der Waals surface area (Å²) >= 11 is 0. The monoisotopic (exact) mass is 622 g/mol. The molecule has 4 aliphatic carbocycles. The number of Topliss-reactive ketones (excluding diaryl/α,β-unsaturated/α-hetero) is 4.